The summed E-state index contributed by atoms with van der Waals surface area (Å²) in [7, 11) is 0. The maximum atomic E-state index is 3.95. The minimum atomic E-state index is 0.733. The van der Waals surface area contributed by atoms with Crippen molar-refractivity contribution in [1.29, 1.82) is 0 Å². The van der Waals surface area contributed by atoms with Crippen LogP contribution in [0.3, 0.4) is 0 Å². The minimum absolute atomic E-state index is 0.733. The molecule has 0 saturated carbocycles. The molecule has 3 heteroatoms. The van der Waals surface area contributed by atoms with E-state index < -0.39 is 0 Å². The second kappa shape index (κ2) is 3.38. The van der Waals surface area contributed by atoms with Gasteiger partial charge in [-0.05, 0) is 0 Å². The van der Waals surface area contributed by atoms with E-state index in [0.717, 1.165) is 5.82 Å². The quantitative estimate of drug-likeness (QED) is 0.470. The predicted molar refractivity (Wildman–Crippen MR) is 38.1 cm³/mol. The van der Waals surface area contributed by atoms with Crippen molar-refractivity contribution in [2.24, 2.45) is 4.99 Å². The topological polar surface area (TPSA) is 25.2 Å². The SMILES string of the molecule is [Se]/C=N\c1ccccn1. The third kappa shape index (κ3) is 1.96. The fourth-order valence-electron chi connectivity index (χ4n) is 0.484. The zero-order chi connectivity index (χ0) is 6.53. The fraction of sp³-hybridized carbons (Fsp3) is 0. The number of hydrogen-bond acceptors (Lipinski definition) is 2. The summed E-state index contributed by atoms with van der Waals surface area (Å²) >= 11 is 2.66. The van der Waals surface area contributed by atoms with E-state index in [-0.39, 0.29) is 0 Å². The molecule has 1 radical (unpaired) electrons. The summed E-state index contributed by atoms with van der Waals surface area (Å²) in [4.78, 5) is 7.87. The first-order chi connectivity index (χ1) is 4.43. The van der Waals surface area contributed by atoms with Gasteiger partial charge in [0, 0.05) is 0 Å². The molecule has 0 saturated heterocycles. The Bertz CT molecular complexity index is 195. The molecule has 0 atom stereocenters. The third-order valence-corrected chi connectivity index (χ3v) is 1.06. The van der Waals surface area contributed by atoms with E-state index >= 15 is 0 Å². The molecule has 1 rings (SSSR count). The van der Waals surface area contributed by atoms with Gasteiger partial charge in [0.15, 0.2) is 0 Å². The summed E-state index contributed by atoms with van der Waals surface area (Å²) in [5.74, 6) is 0.733. The molecule has 0 aliphatic carbocycles. The summed E-state index contributed by atoms with van der Waals surface area (Å²) in [6, 6.07) is 5.60. The van der Waals surface area contributed by atoms with Gasteiger partial charge in [-0.3, -0.25) is 0 Å². The van der Waals surface area contributed by atoms with Gasteiger partial charge in [-0.1, -0.05) is 0 Å². The zero-order valence-electron chi connectivity index (χ0n) is 4.69. The summed E-state index contributed by atoms with van der Waals surface area (Å²) in [5.41, 5.74) is 0. The Hall–Kier alpha value is -0.661. The van der Waals surface area contributed by atoms with Crippen LogP contribution in [0.4, 0.5) is 5.82 Å². The molecule has 0 unspecified atom stereocenters. The molecule has 9 heavy (non-hydrogen) atoms. The van der Waals surface area contributed by atoms with Gasteiger partial charge in [-0.25, -0.2) is 0 Å². The molecule has 1 heterocycles. The Morgan fingerprint density at radius 1 is 1.56 bits per heavy atom. The van der Waals surface area contributed by atoms with Gasteiger partial charge >= 0.3 is 61.3 Å². The molecule has 0 fully saturated rings. The van der Waals surface area contributed by atoms with E-state index in [1.165, 1.54) is 0 Å². The van der Waals surface area contributed by atoms with Crippen LogP contribution in [0, 0.1) is 0 Å². The van der Waals surface area contributed by atoms with Gasteiger partial charge in [0.2, 0.25) is 0 Å². The van der Waals surface area contributed by atoms with Crippen molar-refractivity contribution >= 4 is 26.9 Å². The molecule has 0 amide bonds. The van der Waals surface area contributed by atoms with Crippen molar-refractivity contribution in [3.63, 3.8) is 0 Å². The first kappa shape index (κ1) is 6.46. The number of hydrogen-bond donors (Lipinski definition) is 0. The van der Waals surface area contributed by atoms with Gasteiger partial charge in [0.25, 0.3) is 0 Å². The second-order valence-electron chi connectivity index (χ2n) is 1.42. The molecule has 0 aliphatic heterocycles. The van der Waals surface area contributed by atoms with Crippen LogP contribution in [0.15, 0.2) is 29.4 Å². The van der Waals surface area contributed by atoms with Gasteiger partial charge in [-0.2, -0.15) is 0 Å². The predicted octanol–water partition coefficient (Wildman–Crippen LogP) is 0.910. The van der Waals surface area contributed by atoms with Crippen molar-refractivity contribution in [1.82, 2.24) is 4.98 Å². The van der Waals surface area contributed by atoms with Crippen LogP contribution in [0.25, 0.3) is 0 Å². The molecular formula is C6H5N2Se. The van der Waals surface area contributed by atoms with Crippen LogP contribution in [-0.2, 0) is 0 Å². The Balaban J connectivity index is 2.85. The number of pyridine rings is 1. The average Bonchev–Trinajstić information content (AvgIpc) is 1.91. The number of nitrogens with zero attached hydrogens (tertiary/aromatic N) is 2. The first-order valence-corrected chi connectivity index (χ1v) is 3.48. The Labute approximate surface area is 61.8 Å². The van der Waals surface area contributed by atoms with E-state index in [1.54, 1.807) is 11.3 Å². The van der Waals surface area contributed by atoms with Crippen LogP contribution >= 0.6 is 0 Å². The van der Waals surface area contributed by atoms with Crippen LogP contribution in [-0.4, -0.2) is 26.1 Å². The number of rotatable bonds is 1. The molecule has 0 bridgehead atoms. The molecule has 0 aromatic carbocycles. The Kier molecular flexibility index (Phi) is 2.43. The summed E-state index contributed by atoms with van der Waals surface area (Å²) < 4.78 is 0. The average molecular weight is 184 g/mol. The Morgan fingerprint density at radius 3 is 3.00 bits per heavy atom. The first-order valence-electron chi connectivity index (χ1n) is 2.49. The van der Waals surface area contributed by atoms with Gasteiger partial charge < -0.3 is 0 Å². The van der Waals surface area contributed by atoms with Gasteiger partial charge in [-0.15, -0.1) is 0 Å². The molecular weight excluding hydrogens is 179 g/mol. The van der Waals surface area contributed by atoms with Crippen molar-refractivity contribution < 1.29 is 0 Å². The van der Waals surface area contributed by atoms with E-state index in [1.807, 2.05) is 18.2 Å². The fourth-order valence-corrected chi connectivity index (χ4v) is 0.711. The molecule has 2 nitrogen and oxygen atoms in total. The van der Waals surface area contributed by atoms with Crippen molar-refractivity contribution in [2.45, 2.75) is 0 Å². The van der Waals surface area contributed by atoms with Crippen LogP contribution in [0.1, 0.15) is 0 Å². The molecule has 1 aromatic heterocycles. The van der Waals surface area contributed by atoms with Crippen molar-refractivity contribution in [2.75, 3.05) is 0 Å². The van der Waals surface area contributed by atoms with Crippen LogP contribution in [0.2, 0.25) is 0 Å². The van der Waals surface area contributed by atoms with Crippen molar-refractivity contribution in [3.8, 4) is 0 Å². The zero-order valence-corrected chi connectivity index (χ0v) is 6.40. The van der Waals surface area contributed by atoms with Crippen molar-refractivity contribution in [3.05, 3.63) is 24.4 Å². The van der Waals surface area contributed by atoms with Gasteiger partial charge in [0.05, 0.1) is 0 Å². The molecule has 45 valence electrons. The normalized spacial score (nSPS) is 10.2. The molecule has 0 N–H and O–H groups in total. The number of aliphatic imine (C=N–C) groups is 1. The van der Waals surface area contributed by atoms with E-state index in [2.05, 4.69) is 26.0 Å². The molecule has 0 aliphatic rings. The van der Waals surface area contributed by atoms with E-state index in [0.29, 0.717) is 0 Å². The third-order valence-electron chi connectivity index (χ3n) is 0.834. The summed E-state index contributed by atoms with van der Waals surface area (Å²) in [6.45, 7) is 0. The van der Waals surface area contributed by atoms with Crippen LogP contribution < -0.4 is 0 Å². The van der Waals surface area contributed by atoms with Crippen LogP contribution in [0.5, 0.6) is 0 Å². The summed E-state index contributed by atoms with van der Waals surface area (Å²) in [6.07, 6.45) is 1.71. The van der Waals surface area contributed by atoms with E-state index in [9.17, 15) is 0 Å². The standard InChI is InChI=1S/C6H5N2Se/c9-5-8-6-3-1-2-4-7-6/h1-5H/b8-5-. The number of aromatic nitrogens is 1. The monoisotopic (exact) mass is 185 g/mol. The molecule has 1 aromatic rings. The van der Waals surface area contributed by atoms with Gasteiger partial charge in [0.1, 0.15) is 0 Å². The van der Waals surface area contributed by atoms with E-state index in [4.69, 9.17) is 0 Å². The summed E-state index contributed by atoms with van der Waals surface area (Å²) in [5, 5.41) is 1.60. The maximum absolute atomic E-state index is 3.95. The molecule has 0 spiro atoms. The second-order valence-corrected chi connectivity index (χ2v) is 1.86. The Morgan fingerprint density at radius 2 is 2.44 bits per heavy atom.